The van der Waals surface area contributed by atoms with Gasteiger partial charge in [0.1, 0.15) is 5.75 Å². The van der Waals surface area contributed by atoms with Crippen LogP contribution in [-0.2, 0) is 9.59 Å². The van der Waals surface area contributed by atoms with Gasteiger partial charge in [0.05, 0.1) is 40.9 Å². The number of hydrogen-bond acceptors (Lipinski definition) is 8. The van der Waals surface area contributed by atoms with Gasteiger partial charge in [-0.2, -0.15) is 0 Å². The van der Waals surface area contributed by atoms with Gasteiger partial charge in [-0.05, 0) is 67.2 Å². The first-order valence-corrected chi connectivity index (χ1v) is 14.8. The molecule has 10 heteroatoms. The van der Waals surface area contributed by atoms with Crippen molar-refractivity contribution in [3.8, 4) is 5.75 Å². The molecule has 3 aromatic rings. The lowest BCUT2D eigenvalue weighted by Crippen LogP contribution is -2.39. The van der Waals surface area contributed by atoms with E-state index in [9.17, 15) is 35.0 Å². The number of para-hydroxylation sites is 1. The third-order valence-corrected chi connectivity index (χ3v) is 8.54. The number of aliphatic hydroxyl groups excluding tert-OH is 2. The molecular formula is C34H35N3O7. The maximum atomic E-state index is 13.8. The van der Waals surface area contributed by atoms with Crippen LogP contribution in [0.15, 0.2) is 84.1 Å². The Morgan fingerprint density at radius 1 is 1.11 bits per heavy atom. The molecule has 2 heterocycles. The average Bonchev–Trinajstić information content (AvgIpc) is 3.28. The van der Waals surface area contributed by atoms with Gasteiger partial charge >= 0.3 is 0 Å². The van der Waals surface area contributed by atoms with Crippen molar-refractivity contribution in [2.75, 3.05) is 11.5 Å². The highest BCUT2D eigenvalue weighted by molar-refractivity contribution is 6.22. The average molecular weight is 598 g/mol. The Bertz CT molecular complexity index is 1620. The molecule has 0 spiro atoms. The van der Waals surface area contributed by atoms with Gasteiger partial charge in [-0.3, -0.25) is 24.7 Å². The Balaban J connectivity index is 1.46. The maximum absolute atomic E-state index is 13.8. The summed E-state index contributed by atoms with van der Waals surface area (Å²) in [7, 11) is 0. The lowest BCUT2D eigenvalue weighted by atomic mass is 9.67. The molecule has 3 N–H and O–H groups in total. The highest BCUT2D eigenvalue weighted by Gasteiger charge is 2.55. The van der Waals surface area contributed by atoms with Crippen LogP contribution in [0, 0.1) is 27.9 Å². The summed E-state index contributed by atoms with van der Waals surface area (Å²) >= 11 is 0. The van der Waals surface area contributed by atoms with Crippen molar-refractivity contribution < 1.29 is 29.8 Å². The second-order valence-corrected chi connectivity index (χ2v) is 11.2. The number of amides is 2. The van der Waals surface area contributed by atoms with Crippen LogP contribution < -0.4 is 4.90 Å². The first-order chi connectivity index (χ1) is 21.2. The number of carbonyl (C=O) groups excluding carboxylic acids is 2. The number of aromatic hydroxyl groups is 1. The van der Waals surface area contributed by atoms with Crippen molar-refractivity contribution in [3.63, 3.8) is 0 Å². The molecule has 44 heavy (non-hydrogen) atoms. The molecule has 1 aliphatic carbocycles. The van der Waals surface area contributed by atoms with E-state index in [2.05, 4.69) is 4.98 Å². The van der Waals surface area contributed by atoms with E-state index in [1.54, 1.807) is 30.5 Å². The summed E-state index contributed by atoms with van der Waals surface area (Å²) < 4.78 is 0. The number of nitro groups is 1. The highest BCUT2D eigenvalue weighted by atomic mass is 16.6. The van der Waals surface area contributed by atoms with Gasteiger partial charge in [0, 0.05) is 29.8 Å². The molecule has 4 atom stereocenters. The zero-order chi connectivity index (χ0) is 31.4. The van der Waals surface area contributed by atoms with Crippen molar-refractivity contribution in [2.45, 2.75) is 45.1 Å². The fraction of sp³-hybridized carbons (Fsp3) is 0.324. The smallest absolute Gasteiger partial charge is 0.271 e. The van der Waals surface area contributed by atoms with Gasteiger partial charge < -0.3 is 15.3 Å². The number of phenols is 1. The summed E-state index contributed by atoms with van der Waals surface area (Å²) in [6.45, 7) is 1.55. The van der Waals surface area contributed by atoms with E-state index in [0.29, 0.717) is 29.7 Å². The number of pyridine rings is 1. The van der Waals surface area contributed by atoms with Crippen LogP contribution >= 0.6 is 0 Å². The van der Waals surface area contributed by atoms with Crippen LogP contribution in [0.25, 0.3) is 11.6 Å². The SMILES string of the molecule is CCCC1=C([C@H](O)CC/C(=C/c2ccccc2O)c2ccccn2)[C@H](CO)[C@@H]2C(=O)N(c3cccc([N+](=O)[O-])c3)C(=O)[C@@H]2C1. The van der Waals surface area contributed by atoms with E-state index >= 15 is 0 Å². The van der Waals surface area contributed by atoms with E-state index in [0.717, 1.165) is 22.5 Å². The zero-order valence-electron chi connectivity index (χ0n) is 24.4. The van der Waals surface area contributed by atoms with Crippen molar-refractivity contribution in [3.05, 3.63) is 105 Å². The first kappa shape index (κ1) is 30.8. The molecule has 2 aromatic carbocycles. The molecule has 0 unspecified atom stereocenters. The number of hydrogen-bond donors (Lipinski definition) is 3. The molecule has 2 amide bonds. The van der Waals surface area contributed by atoms with Crippen molar-refractivity contribution in [1.29, 1.82) is 0 Å². The molecular weight excluding hydrogens is 562 g/mol. The van der Waals surface area contributed by atoms with Gasteiger partial charge in [0.2, 0.25) is 11.8 Å². The molecule has 1 fully saturated rings. The Morgan fingerprint density at radius 3 is 2.57 bits per heavy atom. The Labute approximate surface area is 255 Å². The number of non-ortho nitro benzene ring substituents is 1. The van der Waals surface area contributed by atoms with Crippen molar-refractivity contribution in [2.24, 2.45) is 17.8 Å². The van der Waals surface area contributed by atoms with Gasteiger partial charge in [-0.1, -0.05) is 49.2 Å². The number of phenolic OH excluding ortho intramolecular Hbond substituents is 1. The molecule has 0 bridgehead atoms. The Kier molecular flexibility index (Phi) is 9.32. The van der Waals surface area contributed by atoms with Crippen molar-refractivity contribution in [1.82, 2.24) is 4.98 Å². The molecule has 5 rings (SSSR count). The van der Waals surface area contributed by atoms with Crippen LogP contribution in [-0.4, -0.2) is 49.8 Å². The third-order valence-electron chi connectivity index (χ3n) is 8.54. The molecule has 0 radical (unpaired) electrons. The largest absolute Gasteiger partial charge is 0.507 e. The number of nitro benzene ring substituents is 1. The number of aliphatic hydroxyl groups is 2. The molecule has 0 saturated carbocycles. The molecule has 2 aliphatic rings. The Morgan fingerprint density at radius 2 is 1.89 bits per heavy atom. The third kappa shape index (κ3) is 6.04. The zero-order valence-corrected chi connectivity index (χ0v) is 24.4. The van der Waals surface area contributed by atoms with Crippen LogP contribution in [0.4, 0.5) is 11.4 Å². The molecule has 10 nitrogen and oxygen atoms in total. The fourth-order valence-corrected chi connectivity index (χ4v) is 6.57. The number of carbonyl (C=O) groups is 2. The predicted molar refractivity (Wildman–Crippen MR) is 165 cm³/mol. The summed E-state index contributed by atoms with van der Waals surface area (Å²) in [6, 6.07) is 17.9. The fourth-order valence-electron chi connectivity index (χ4n) is 6.57. The van der Waals surface area contributed by atoms with Gasteiger partial charge in [0.25, 0.3) is 5.69 Å². The molecule has 1 aliphatic heterocycles. The topological polar surface area (TPSA) is 154 Å². The number of nitrogens with zero attached hydrogens (tertiary/aromatic N) is 3. The van der Waals surface area contributed by atoms with Crippen LogP contribution in [0.1, 0.15) is 50.3 Å². The number of benzene rings is 2. The second kappa shape index (κ2) is 13.3. The number of aromatic nitrogens is 1. The summed E-state index contributed by atoms with van der Waals surface area (Å²) in [5, 5.41) is 44.1. The van der Waals surface area contributed by atoms with E-state index < -0.39 is 47.2 Å². The lowest BCUT2D eigenvalue weighted by molar-refractivity contribution is -0.384. The minimum Gasteiger partial charge on any atom is -0.507 e. The molecule has 1 aromatic heterocycles. The van der Waals surface area contributed by atoms with Crippen molar-refractivity contribution >= 4 is 34.8 Å². The second-order valence-electron chi connectivity index (χ2n) is 11.2. The normalized spacial score (nSPS) is 21.0. The number of imide groups is 1. The van der Waals surface area contributed by atoms with Crippen LogP contribution in [0.2, 0.25) is 0 Å². The number of anilines is 1. The number of fused-ring (bicyclic) bond motifs is 1. The minimum atomic E-state index is -1.01. The minimum absolute atomic E-state index is 0.116. The van der Waals surface area contributed by atoms with Gasteiger partial charge in [0.15, 0.2) is 0 Å². The highest BCUT2D eigenvalue weighted by Crippen LogP contribution is 2.48. The quantitative estimate of drug-likeness (QED) is 0.117. The van der Waals surface area contributed by atoms with E-state index in [1.165, 1.54) is 24.3 Å². The standard InChI is InChI=1S/C34H35N3O7/c1-2-8-23-18-26-32(34(42)36(33(26)41)24-10-7-11-25(19-24)37(43)44)27(20-38)31(23)30(40)15-14-21(28-12-5-6-16-35-28)17-22-9-3-4-13-29(22)39/h3-7,9-13,16-17,19,26-27,30,32,38-40H,2,8,14-15,18,20H2,1H3/b21-17-/t26-,27+,30-,32-/m1/s1. The summed E-state index contributed by atoms with van der Waals surface area (Å²) in [5.74, 6) is -3.29. The monoisotopic (exact) mass is 597 g/mol. The van der Waals surface area contributed by atoms with E-state index in [1.807, 2.05) is 31.2 Å². The summed E-state index contributed by atoms with van der Waals surface area (Å²) in [5.41, 5.74) is 3.41. The van der Waals surface area contributed by atoms with Crippen LogP contribution in [0.5, 0.6) is 5.75 Å². The lowest BCUT2D eigenvalue weighted by Gasteiger charge is -2.36. The summed E-state index contributed by atoms with van der Waals surface area (Å²) in [4.78, 5) is 43.7. The van der Waals surface area contributed by atoms with Gasteiger partial charge in [-0.25, -0.2) is 4.90 Å². The summed E-state index contributed by atoms with van der Waals surface area (Å²) in [6.07, 6.45) is 4.72. The molecule has 228 valence electrons. The predicted octanol–water partition coefficient (Wildman–Crippen LogP) is 5.29. The molecule has 1 saturated heterocycles. The van der Waals surface area contributed by atoms with Gasteiger partial charge in [-0.15, -0.1) is 0 Å². The number of allylic oxidation sites excluding steroid dienone is 2. The maximum Gasteiger partial charge on any atom is 0.271 e. The van der Waals surface area contributed by atoms with Crippen LogP contribution in [0.3, 0.4) is 0 Å². The van der Waals surface area contributed by atoms with E-state index in [4.69, 9.17) is 0 Å². The number of rotatable bonds is 11. The Hall–Kier alpha value is -4.67. The van der Waals surface area contributed by atoms with E-state index in [-0.39, 0.29) is 30.0 Å². The first-order valence-electron chi connectivity index (χ1n) is 14.8.